The summed E-state index contributed by atoms with van der Waals surface area (Å²) in [6.45, 7) is 4.50. The van der Waals surface area contributed by atoms with Gasteiger partial charge in [0.15, 0.2) is 0 Å². The van der Waals surface area contributed by atoms with Crippen molar-refractivity contribution in [3.05, 3.63) is 0 Å². The molecule has 0 fully saturated rings. The minimum absolute atomic E-state index is 0.157. The van der Waals surface area contributed by atoms with Crippen LogP contribution in [0.1, 0.15) is 168 Å². The third kappa shape index (κ3) is 36.3. The molecule has 0 aromatic heterocycles. The van der Waals surface area contributed by atoms with Crippen molar-refractivity contribution in [2.45, 2.75) is 168 Å². The van der Waals surface area contributed by atoms with Gasteiger partial charge in [-0.1, -0.05) is 142 Å². The first-order valence-corrected chi connectivity index (χ1v) is 14.0. The Morgan fingerprint density at radius 2 is 0.719 bits per heavy atom. The summed E-state index contributed by atoms with van der Waals surface area (Å²) in [5, 5.41) is 8.46. The maximum absolute atomic E-state index is 10.5. The minimum atomic E-state index is -0.657. The fourth-order valence-electron chi connectivity index (χ4n) is 3.90. The predicted molar refractivity (Wildman–Crippen MR) is 139 cm³/mol. The number of hydrogen-bond donors (Lipinski definition) is 2. The second kappa shape index (κ2) is 29.9. The normalized spacial score (nSPS) is 10.6. The Hall–Kier alpha value is -1.06. The van der Waals surface area contributed by atoms with Gasteiger partial charge in [-0.2, -0.15) is 0 Å². The van der Waals surface area contributed by atoms with E-state index in [4.69, 9.17) is 10.8 Å². The van der Waals surface area contributed by atoms with Crippen LogP contribution in [-0.2, 0) is 9.59 Å². The van der Waals surface area contributed by atoms with Crippen LogP contribution >= 0.6 is 0 Å². The number of primary amides is 1. The Labute approximate surface area is 200 Å². The van der Waals surface area contributed by atoms with Gasteiger partial charge in [0, 0.05) is 12.8 Å². The van der Waals surface area contributed by atoms with Crippen LogP contribution in [0.4, 0.5) is 0 Å². The molecule has 0 bridgehead atoms. The van der Waals surface area contributed by atoms with E-state index in [1.54, 1.807) is 0 Å². The maximum Gasteiger partial charge on any atom is 0.303 e. The van der Waals surface area contributed by atoms with Gasteiger partial charge in [0.2, 0.25) is 5.91 Å². The summed E-state index contributed by atoms with van der Waals surface area (Å²) in [7, 11) is 0. The first kappa shape index (κ1) is 33.1. The molecule has 0 spiro atoms. The highest BCUT2D eigenvalue weighted by Crippen LogP contribution is 2.12. The summed E-state index contributed by atoms with van der Waals surface area (Å²) in [4.78, 5) is 20.7. The van der Waals surface area contributed by atoms with Crippen LogP contribution < -0.4 is 5.73 Å². The molecule has 0 rings (SSSR count). The van der Waals surface area contributed by atoms with Crippen molar-refractivity contribution in [1.29, 1.82) is 0 Å². The summed E-state index contributed by atoms with van der Waals surface area (Å²) >= 11 is 0. The molecule has 0 aliphatic heterocycles. The Balaban J connectivity index is 0. The Kier molecular flexibility index (Phi) is 31.0. The van der Waals surface area contributed by atoms with E-state index < -0.39 is 5.97 Å². The average Bonchev–Trinajstić information content (AvgIpc) is 2.76. The van der Waals surface area contributed by atoms with Gasteiger partial charge in [-0.3, -0.25) is 9.59 Å². The number of unbranched alkanes of at least 4 members (excludes halogenated alkanes) is 20. The van der Waals surface area contributed by atoms with Crippen molar-refractivity contribution in [2.24, 2.45) is 5.73 Å². The molecule has 4 nitrogen and oxygen atoms in total. The van der Waals surface area contributed by atoms with Crippen molar-refractivity contribution < 1.29 is 14.7 Å². The van der Waals surface area contributed by atoms with Gasteiger partial charge in [-0.15, -0.1) is 0 Å². The largest absolute Gasteiger partial charge is 0.481 e. The second-order valence-electron chi connectivity index (χ2n) is 9.43. The fourth-order valence-corrected chi connectivity index (χ4v) is 3.90. The van der Waals surface area contributed by atoms with Crippen molar-refractivity contribution >= 4 is 11.9 Å². The van der Waals surface area contributed by atoms with E-state index in [-0.39, 0.29) is 5.91 Å². The molecule has 0 saturated heterocycles. The van der Waals surface area contributed by atoms with Gasteiger partial charge in [0.25, 0.3) is 0 Å². The number of rotatable bonds is 24. The molecule has 0 aliphatic carbocycles. The molecule has 192 valence electrons. The van der Waals surface area contributed by atoms with Crippen LogP contribution in [0.25, 0.3) is 0 Å². The molecule has 0 heterocycles. The van der Waals surface area contributed by atoms with Crippen LogP contribution in [-0.4, -0.2) is 17.0 Å². The van der Waals surface area contributed by atoms with E-state index in [0.717, 1.165) is 19.3 Å². The molecule has 4 heteroatoms. The highest BCUT2D eigenvalue weighted by molar-refractivity contribution is 5.73. The number of aliphatic carboxylic acids is 1. The third-order valence-electron chi connectivity index (χ3n) is 6.02. The van der Waals surface area contributed by atoms with E-state index >= 15 is 0 Å². The molecule has 0 radical (unpaired) electrons. The van der Waals surface area contributed by atoms with Crippen molar-refractivity contribution in [3.8, 4) is 0 Å². The number of amides is 1. The zero-order valence-corrected chi connectivity index (χ0v) is 21.8. The molecule has 0 saturated carbocycles. The minimum Gasteiger partial charge on any atom is -0.481 e. The third-order valence-corrected chi connectivity index (χ3v) is 6.02. The summed E-state index contributed by atoms with van der Waals surface area (Å²) in [6.07, 6.45) is 29.4. The number of carboxylic acids is 1. The molecule has 0 unspecified atom stereocenters. The monoisotopic (exact) mass is 455 g/mol. The molecular formula is C28H57NO3. The van der Waals surface area contributed by atoms with Crippen molar-refractivity contribution in [2.75, 3.05) is 0 Å². The molecule has 0 aromatic rings. The van der Waals surface area contributed by atoms with Gasteiger partial charge >= 0.3 is 5.97 Å². The molecule has 0 atom stereocenters. The zero-order chi connectivity index (χ0) is 24.1. The Morgan fingerprint density at radius 1 is 0.469 bits per heavy atom. The average molecular weight is 456 g/mol. The lowest BCUT2D eigenvalue weighted by Gasteiger charge is -2.01. The summed E-state index contributed by atoms with van der Waals surface area (Å²) in [5.41, 5.74) is 5.07. The highest BCUT2D eigenvalue weighted by Gasteiger charge is 1.97. The second-order valence-corrected chi connectivity index (χ2v) is 9.43. The summed E-state index contributed by atoms with van der Waals surface area (Å²) in [5.74, 6) is -0.813. The van der Waals surface area contributed by atoms with E-state index in [1.807, 2.05) is 0 Å². The number of carbonyl (C=O) groups excluding carboxylic acids is 1. The zero-order valence-electron chi connectivity index (χ0n) is 21.8. The van der Waals surface area contributed by atoms with E-state index in [2.05, 4.69) is 13.8 Å². The SMILES string of the molecule is CCCCCCCCCCCCCC(=O)O.CCCCCCCCCCCCCC(N)=O. The molecule has 0 aliphatic rings. The standard InChI is InChI=1S/C14H29NO.C14H28O2/c2*1-2-3-4-5-6-7-8-9-10-11-12-13-14(15)16/h2-13H2,1H3,(H2,15,16);2-13H2,1H3,(H,15,16). The van der Waals surface area contributed by atoms with Crippen molar-refractivity contribution in [3.63, 3.8) is 0 Å². The molecule has 1 amide bonds. The van der Waals surface area contributed by atoms with Gasteiger partial charge in [0.1, 0.15) is 0 Å². The topological polar surface area (TPSA) is 80.4 Å². The van der Waals surface area contributed by atoms with Crippen LogP contribution in [0.3, 0.4) is 0 Å². The molecular weight excluding hydrogens is 398 g/mol. The molecule has 0 aromatic carbocycles. The maximum atomic E-state index is 10.5. The first-order valence-electron chi connectivity index (χ1n) is 14.0. The number of carbonyl (C=O) groups is 2. The lowest BCUT2D eigenvalue weighted by Crippen LogP contribution is -2.09. The van der Waals surface area contributed by atoms with E-state index in [9.17, 15) is 9.59 Å². The number of hydrogen-bond acceptors (Lipinski definition) is 2. The molecule has 3 N–H and O–H groups in total. The van der Waals surface area contributed by atoms with Gasteiger partial charge in [0.05, 0.1) is 0 Å². The quantitative estimate of drug-likeness (QED) is 0.142. The van der Waals surface area contributed by atoms with Crippen LogP contribution in [0, 0.1) is 0 Å². The molecule has 32 heavy (non-hydrogen) atoms. The Morgan fingerprint density at radius 3 is 0.969 bits per heavy atom. The fraction of sp³-hybridized carbons (Fsp3) is 0.929. The van der Waals surface area contributed by atoms with Gasteiger partial charge in [-0.25, -0.2) is 0 Å². The lowest BCUT2D eigenvalue weighted by atomic mass is 10.1. The van der Waals surface area contributed by atoms with Gasteiger partial charge in [-0.05, 0) is 12.8 Å². The summed E-state index contributed by atoms with van der Waals surface area (Å²) in [6, 6.07) is 0. The predicted octanol–water partition coefficient (Wildman–Crippen LogP) is 8.94. The number of nitrogens with two attached hydrogens (primary N) is 1. The van der Waals surface area contributed by atoms with E-state index in [1.165, 1.54) is 122 Å². The first-order chi connectivity index (χ1) is 15.5. The van der Waals surface area contributed by atoms with Crippen LogP contribution in [0.15, 0.2) is 0 Å². The number of carboxylic acid groups (broad SMARTS) is 1. The smallest absolute Gasteiger partial charge is 0.303 e. The lowest BCUT2D eigenvalue weighted by molar-refractivity contribution is -0.137. The van der Waals surface area contributed by atoms with Gasteiger partial charge < -0.3 is 10.8 Å². The Bertz CT molecular complexity index is 349. The van der Waals surface area contributed by atoms with Crippen molar-refractivity contribution in [1.82, 2.24) is 0 Å². The van der Waals surface area contributed by atoms with E-state index in [0.29, 0.717) is 12.8 Å². The highest BCUT2D eigenvalue weighted by atomic mass is 16.4. The summed E-state index contributed by atoms with van der Waals surface area (Å²) < 4.78 is 0. The van der Waals surface area contributed by atoms with Crippen LogP contribution in [0.2, 0.25) is 0 Å². The van der Waals surface area contributed by atoms with Crippen LogP contribution in [0.5, 0.6) is 0 Å².